The number of ether oxygens (including phenoxy) is 1. The van der Waals surface area contributed by atoms with E-state index < -0.39 is 29.2 Å². The van der Waals surface area contributed by atoms with E-state index in [1.165, 1.54) is 0 Å². The lowest BCUT2D eigenvalue weighted by Gasteiger charge is -2.45. The Morgan fingerprint density at radius 1 is 0.500 bits per heavy atom. The first-order chi connectivity index (χ1) is 39.8. The van der Waals surface area contributed by atoms with Crippen LogP contribution in [-0.2, 0) is 15.1 Å². The molecule has 7 amide bonds. The predicted octanol–water partition coefficient (Wildman–Crippen LogP) is 7.45. The van der Waals surface area contributed by atoms with Crippen molar-refractivity contribution in [2.24, 2.45) is 0 Å². The number of aliphatic hydroxyl groups excluding tert-OH is 2. The molecule has 4 heterocycles. The van der Waals surface area contributed by atoms with Crippen molar-refractivity contribution in [3.8, 4) is 11.5 Å². The number of imide groups is 2. The Morgan fingerprint density at radius 2 is 0.902 bits per heavy atom. The number of carbonyl (C=O) groups excluding carboxylic acids is 7. The highest BCUT2D eigenvalue weighted by molar-refractivity contribution is 6.26. The van der Waals surface area contributed by atoms with E-state index >= 15 is 4.79 Å². The van der Waals surface area contributed by atoms with Crippen molar-refractivity contribution < 1.29 is 48.5 Å². The van der Waals surface area contributed by atoms with Crippen molar-refractivity contribution in [3.63, 3.8) is 0 Å². The molecular formula is C64H68N8O10. The summed E-state index contributed by atoms with van der Waals surface area (Å²) >= 11 is 0. The Morgan fingerprint density at radius 3 is 1.32 bits per heavy atom. The minimum atomic E-state index is -1.13. The number of nitrogens with zero attached hydrogens (tertiary/aromatic N) is 4. The number of nitrogens with one attached hydrogen (secondary N) is 4. The van der Waals surface area contributed by atoms with Gasteiger partial charge in [0.05, 0.1) is 0 Å². The van der Waals surface area contributed by atoms with E-state index in [1.807, 2.05) is 98.2 Å². The third-order valence-corrected chi connectivity index (χ3v) is 15.6. The summed E-state index contributed by atoms with van der Waals surface area (Å²) in [7, 11) is 2.00. The second kappa shape index (κ2) is 24.8. The molecule has 0 unspecified atom stereocenters. The Labute approximate surface area is 476 Å². The molecule has 11 rings (SSSR count). The van der Waals surface area contributed by atoms with Crippen LogP contribution in [0.5, 0.6) is 11.5 Å². The first kappa shape index (κ1) is 57.7. The van der Waals surface area contributed by atoms with E-state index in [4.69, 9.17) is 14.9 Å². The van der Waals surface area contributed by atoms with E-state index in [9.17, 15) is 28.8 Å². The van der Waals surface area contributed by atoms with Crippen molar-refractivity contribution in [2.45, 2.75) is 46.1 Å². The van der Waals surface area contributed by atoms with Crippen molar-refractivity contribution in [3.05, 3.63) is 177 Å². The van der Waals surface area contributed by atoms with E-state index in [1.54, 1.807) is 48.5 Å². The zero-order valence-corrected chi connectivity index (χ0v) is 47.0. The third kappa shape index (κ3) is 10.4. The molecule has 82 heavy (non-hydrogen) atoms. The maximum atomic E-state index is 15.2. The summed E-state index contributed by atoms with van der Waals surface area (Å²) in [5.41, 5.74) is 7.37. The zero-order chi connectivity index (χ0) is 58.4. The van der Waals surface area contributed by atoms with Crippen LogP contribution < -0.4 is 26.0 Å². The molecule has 7 aromatic rings. The summed E-state index contributed by atoms with van der Waals surface area (Å²) in [6, 6.07) is 37.3. The van der Waals surface area contributed by atoms with Gasteiger partial charge in [0.2, 0.25) is 11.8 Å². The van der Waals surface area contributed by atoms with Crippen LogP contribution in [0.1, 0.15) is 106 Å². The molecule has 0 fully saturated rings. The number of amides is 7. The molecule has 0 radical (unpaired) electrons. The van der Waals surface area contributed by atoms with Crippen LogP contribution in [0, 0.1) is 13.8 Å². The average molecular weight is 1110 g/mol. The smallest absolute Gasteiger partial charge is 0.261 e. The standard InChI is InChI=1S/C62H60N8O8.2CH4O/c1-5-63-49-35-51-47(33-37(49)3)62(48-34-38(4)50(64-6-2)36-52(48)78-51)46-22-8-7-17-41(46)61(77)70(62)32-31-67(27-23-53(71)65-25-29-68-57(73)42-18-9-13-39-14-10-19-43(55(39)42)58(68)74)28-24-54(72)66-26-30-69-59(75)44-20-11-15-40-16-12-21-45(56(40)44)60(69)76;2*1-2/h7-22,33-36,63-64H,5-6,23-32H2,1-4H3,(H,65,71)(H,66,72);2*2H,1H3. The van der Waals surface area contributed by atoms with Crippen molar-refractivity contribution in [1.29, 1.82) is 0 Å². The predicted molar refractivity (Wildman–Crippen MR) is 315 cm³/mol. The van der Waals surface area contributed by atoms with Gasteiger partial charge in [-0.25, -0.2) is 0 Å². The van der Waals surface area contributed by atoms with Crippen LogP contribution in [-0.4, -0.2) is 151 Å². The topological polar surface area (TPSA) is 230 Å². The quantitative estimate of drug-likeness (QED) is 0.0433. The number of fused-ring (bicyclic) bond motifs is 6. The van der Waals surface area contributed by atoms with Crippen LogP contribution in [0.15, 0.2) is 121 Å². The number of hydrogen-bond donors (Lipinski definition) is 6. The molecule has 0 atom stereocenters. The van der Waals surface area contributed by atoms with Gasteiger partial charge in [-0.2, -0.15) is 0 Å². The fourth-order valence-corrected chi connectivity index (χ4v) is 11.9. The summed E-state index contributed by atoms with van der Waals surface area (Å²) in [6.45, 7) is 10.3. The fourth-order valence-electron chi connectivity index (χ4n) is 11.9. The molecule has 18 heteroatoms. The minimum absolute atomic E-state index is 0.00329. The molecule has 18 nitrogen and oxygen atoms in total. The molecule has 424 valence electrons. The molecule has 4 aliphatic rings. The highest BCUT2D eigenvalue weighted by atomic mass is 16.5. The summed E-state index contributed by atoms with van der Waals surface area (Å²) in [4.78, 5) is 103. The largest absolute Gasteiger partial charge is 0.456 e. The van der Waals surface area contributed by atoms with Crippen LogP contribution in [0.25, 0.3) is 21.5 Å². The van der Waals surface area contributed by atoms with Crippen molar-refractivity contribution >= 4 is 74.3 Å². The molecule has 0 aromatic heterocycles. The van der Waals surface area contributed by atoms with Crippen LogP contribution in [0.2, 0.25) is 0 Å². The molecule has 0 bridgehead atoms. The number of aryl methyl sites for hydroxylation is 2. The summed E-state index contributed by atoms with van der Waals surface area (Å²) < 4.78 is 6.83. The van der Waals surface area contributed by atoms with E-state index in [-0.39, 0.29) is 82.9 Å². The third-order valence-electron chi connectivity index (χ3n) is 15.6. The highest BCUT2D eigenvalue weighted by Crippen LogP contribution is 2.59. The monoisotopic (exact) mass is 1110 g/mol. The van der Waals surface area contributed by atoms with Crippen LogP contribution in [0.3, 0.4) is 0 Å². The number of benzene rings is 7. The Hall–Kier alpha value is -8.97. The van der Waals surface area contributed by atoms with Gasteiger partial charge in [-0.3, -0.25) is 43.4 Å². The zero-order valence-electron chi connectivity index (χ0n) is 47.0. The minimum Gasteiger partial charge on any atom is -0.456 e. The van der Waals surface area contributed by atoms with Gasteiger partial charge < -0.3 is 46.0 Å². The lowest BCUT2D eigenvalue weighted by molar-refractivity contribution is -0.121. The van der Waals surface area contributed by atoms with E-state index in [0.717, 1.165) is 74.0 Å². The SMILES string of the molecule is CCNc1cc2c(cc1C)C1(c3cc(C)c(NCC)cc3O2)c2ccccc2C(=O)N1CCN(CCC(=O)NCCN1C(=O)c2cccc3cccc(c23)C1=O)CCC(=O)NCCN1C(=O)c2cccc3cccc(c23)C1=O.CO.CO. The van der Waals surface area contributed by atoms with Crippen molar-refractivity contribution in [1.82, 2.24) is 30.2 Å². The Bertz CT molecular complexity index is 3370. The molecule has 0 saturated heterocycles. The van der Waals surface area contributed by atoms with E-state index in [2.05, 4.69) is 33.4 Å². The molecule has 6 N–H and O–H groups in total. The van der Waals surface area contributed by atoms with Gasteiger partial charge in [-0.1, -0.05) is 66.7 Å². The second-order valence-electron chi connectivity index (χ2n) is 20.2. The molecule has 0 saturated carbocycles. The second-order valence-corrected chi connectivity index (χ2v) is 20.2. The normalized spacial score (nSPS) is 14.2. The summed E-state index contributed by atoms with van der Waals surface area (Å²) in [5, 5.41) is 29.6. The number of carbonyl (C=O) groups is 7. The van der Waals surface area contributed by atoms with Crippen molar-refractivity contribution in [2.75, 3.05) is 90.3 Å². The first-order valence-corrected chi connectivity index (χ1v) is 27.6. The van der Waals surface area contributed by atoms with Gasteiger partial charge in [0.15, 0.2) is 0 Å². The Balaban J connectivity index is 0.00000198. The van der Waals surface area contributed by atoms with Gasteiger partial charge in [0.1, 0.15) is 17.0 Å². The number of anilines is 2. The maximum Gasteiger partial charge on any atom is 0.261 e. The first-order valence-electron chi connectivity index (χ1n) is 27.6. The van der Waals surface area contributed by atoms with E-state index in [0.29, 0.717) is 63.2 Å². The summed E-state index contributed by atoms with van der Waals surface area (Å²) in [6.07, 6.45) is -0.00658. The molecule has 1 spiro atoms. The molecule has 0 aliphatic carbocycles. The molecular weight excluding hydrogens is 1040 g/mol. The lowest BCUT2D eigenvalue weighted by atomic mass is 9.73. The fraction of sp³-hybridized carbons (Fsp3) is 0.297. The summed E-state index contributed by atoms with van der Waals surface area (Å²) in [5.74, 6) is -1.31. The molecule has 7 aromatic carbocycles. The van der Waals surface area contributed by atoms with Gasteiger partial charge in [0.25, 0.3) is 29.5 Å². The lowest BCUT2D eigenvalue weighted by Crippen LogP contribution is -2.50. The van der Waals surface area contributed by atoms with Gasteiger partial charge in [-0.05, 0) is 97.6 Å². The number of rotatable bonds is 19. The Kier molecular flexibility index (Phi) is 17.5. The van der Waals surface area contributed by atoms with Gasteiger partial charge >= 0.3 is 0 Å². The average Bonchev–Trinajstić information content (AvgIpc) is 3.04. The molecule has 4 aliphatic heterocycles. The maximum absolute atomic E-state index is 15.2. The van der Waals surface area contributed by atoms with Gasteiger partial charge in [0, 0.05) is 166 Å². The van der Waals surface area contributed by atoms with Crippen LogP contribution in [0.4, 0.5) is 11.4 Å². The number of hydrogen-bond acceptors (Lipinski definition) is 13. The highest BCUT2D eigenvalue weighted by Gasteiger charge is 2.56. The van der Waals surface area contributed by atoms with Crippen LogP contribution >= 0.6 is 0 Å². The van der Waals surface area contributed by atoms with Gasteiger partial charge in [-0.15, -0.1) is 0 Å². The number of aliphatic hydroxyl groups is 2.